The minimum Gasteiger partial charge on any atom is -0.872 e. The summed E-state index contributed by atoms with van der Waals surface area (Å²) in [5.74, 6) is 0.144. The van der Waals surface area contributed by atoms with Crippen molar-refractivity contribution in [3.8, 4) is 11.5 Å². The Morgan fingerprint density at radius 3 is 1.12 bits per heavy atom. The van der Waals surface area contributed by atoms with Crippen molar-refractivity contribution in [3.63, 3.8) is 0 Å². The Labute approximate surface area is 311 Å². The van der Waals surface area contributed by atoms with Crippen molar-refractivity contribution in [2.45, 2.75) is 6.92 Å². The zero-order valence-corrected chi connectivity index (χ0v) is 34.8. The van der Waals surface area contributed by atoms with Gasteiger partial charge in [-0.05, 0) is 48.2 Å². The zero-order valence-electron chi connectivity index (χ0n) is 28.9. The minimum absolute atomic E-state index is 0. The van der Waals surface area contributed by atoms with Crippen LogP contribution in [0.2, 0.25) is 0 Å². The van der Waals surface area contributed by atoms with Crippen LogP contribution < -0.4 is 10.2 Å². The molecule has 0 aliphatic carbocycles. The van der Waals surface area contributed by atoms with Gasteiger partial charge >= 0.3 is 39.0 Å². The van der Waals surface area contributed by atoms with Gasteiger partial charge in [0.15, 0.2) is 0 Å². The second-order valence-electron chi connectivity index (χ2n) is 11.1. The van der Waals surface area contributed by atoms with Crippen molar-refractivity contribution in [2.75, 3.05) is 54.4 Å². The van der Waals surface area contributed by atoms with Gasteiger partial charge in [-0.25, -0.2) is 0 Å². The molecule has 0 spiro atoms. The van der Waals surface area contributed by atoms with Gasteiger partial charge in [-0.3, -0.25) is 0 Å². The molecular formula is C39H44N4O3Zn2. The maximum absolute atomic E-state index is 10.3. The van der Waals surface area contributed by atoms with Gasteiger partial charge in [-0.1, -0.05) is 144 Å². The van der Waals surface area contributed by atoms with Crippen molar-refractivity contribution in [1.82, 2.24) is 9.80 Å². The first-order valence-corrected chi connectivity index (χ1v) is 15.3. The van der Waals surface area contributed by atoms with Gasteiger partial charge in [0.1, 0.15) is 11.2 Å². The van der Waals surface area contributed by atoms with Gasteiger partial charge in [0, 0.05) is 10.8 Å². The fourth-order valence-electron chi connectivity index (χ4n) is 4.16. The molecule has 242 valence electrons. The molecule has 0 N–H and O–H groups in total. The number of benzene rings is 5. The summed E-state index contributed by atoms with van der Waals surface area (Å²) in [4.78, 5) is 4.26. The Balaban J connectivity index is 0.000000405. The molecule has 0 saturated carbocycles. The van der Waals surface area contributed by atoms with E-state index in [1.54, 1.807) is 24.3 Å². The molecule has 0 aliphatic heterocycles. The van der Waals surface area contributed by atoms with Gasteiger partial charge in [0.05, 0.1) is 0 Å². The van der Waals surface area contributed by atoms with E-state index in [1.165, 1.54) is 29.8 Å². The summed E-state index contributed by atoms with van der Waals surface area (Å²) in [5, 5.41) is 32.2. The largest absolute Gasteiger partial charge is 2.00 e. The monoisotopic (exact) mass is 744 g/mol. The second kappa shape index (κ2) is 23.6. The first kappa shape index (κ1) is 42.3. The summed E-state index contributed by atoms with van der Waals surface area (Å²) in [5.41, 5.74) is 4.85. The van der Waals surface area contributed by atoms with Crippen LogP contribution in [0.5, 0.6) is 11.5 Å². The van der Waals surface area contributed by atoms with Crippen molar-refractivity contribution in [1.29, 1.82) is 0 Å². The maximum atomic E-state index is 10.3. The quantitative estimate of drug-likeness (QED) is 0.146. The Kier molecular flexibility index (Phi) is 20.8. The molecule has 1 aromatic heterocycles. The van der Waals surface area contributed by atoms with Crippen molar-refractivity contribution >= 4 is 33.3 Å². The molecular weight excluding hydrogens is 703 g/mol. The second-order valence-corrected chi connectivity index (χ2v) is 11.1. The smallest absolute Gasteiger partial charge is 0.872 e. The van der Waals surface area contributed by atoms with E-state index >= 15 is 0 Å². The van der Waals surface area contributed by atoms with Crippen molar-refractivity contribution in [3.05, 3.63) is 144 Å². The maximum Gasteiger partial charge on any atom is 2.00 e. The predicted octanol–water partition coefficient (Wildman–Crippen LogP) is 8.23. The van der Waals surface area contributed by atoms with E-state index in [0.717, 1.165) is 59.5 Å². The van der Waals surface area contributed by atoms with Crippen LogP contribution in [0, 0.1) is 6.92 Å². The summed E-state index contributed by atoms with van der Waals surface area (Å²) in [6, 6.07) is 39.2. The third kappa shape index (κ3) is 15.4. The van der Waals surface area contributed by atoms with Crippen molar-refractivity contribution < 1.29 is 53.6 Å². The zero-order chi connectivity index (χ0) is 33.1. The molecule has 0 fully saturated rings. The van der Waals surface area contributed by atoms with Crippen LogP contribution in [0.25, 0.3) is 32.6 Å². The summed E-state index contributed by atoms with van der Waals surface area (Å²) >= 11 is 0. The number of hydrogen-bond acceptors (Lipinski definition) is 5. The van der Waals surface area contributed by atoms with Crippen molar-refractivity contribution in [2.24, 2.45) is 0 Å². The molecule has 0 radical (unpaired) electrons. The first-order chi connectivity index (χ1) is 22.2. The molecule has 0 amide bonds. The normalized spacial score (nSPS) is 9.90. The fourth-order valence-corrected chi connectivity index (χ4v) is 4.16. The average molecular weight is 748 g/mol. The van der Waals surface area contributed by atoms with E-state index in [9.17, 15) is 10.2 Å². The first-order valence-electron chi connectivity index (χ1n) is 15.3. The summed E-state index contributed by atoms with van der Waals surface area (Å²) in [7, 11) is 8.22. The molecule has 0 atom stereocenters. The predicted molar refractivity (Wildman–Crippen MR) is 190 cm³/mol. The Hall–Kier alpha value is -3.73. The Morgan fingerprint density at radius 2 is 0.854 bits per heavy atom. The molecule has 9 heteroatoms. The van der Waals surface area contributed by atoms with E-state index in [1.807, 2.05) is 54.6 Å². The van der Waals surface area contributed by atoms with E-state index < -0.39 is 0 Å². The topological polar surface area (TPSA) is 93.9 Å². The number of nitrogens with zero attached hydrogens (tertiary/aromatic N) is 4. The van der Waals surface area contributed by atoms with Crippen LogP contribution in [0.15, 0.2) is 132 Å². The van der Waals surface area contributed by atoms with Crippen LogP contribution in [0.3, 0.4) is 0 Å². The molecule has 0 saturated heterocycles. The van der Waals surface area contributed by atoms with Gasteiger partial charge in [0.2, 0.25) is 0 Å². The third-order valence-corrected chi connectivity index (χ3v) is 6.57. The van der Waals surface area contributed by atoms with Crippen LogP contribution in [0.1, 0.15) is 5.56 Å². The van der Waals surface area contributed by atoms with E-state index in [2.05, 4.69) is 69.2 Å². The molecule has 1 heterocycles. The molecule has 0 unspecified atom stereocenters. The minimum atomic E-state index is 0. The molecule has 48 heavy (non-hydrogen) atoms. The van der Waals surface area contributed by atoms with Gasteiger partial charge in [-0.2, -0.15) is 0 Å². The Bertz CT molecular complexity index is 1530. The van der Waals surface area contributed by atoms with E-state index in [-0.39, 0.29) is 50.5 Å². The number of para-hydroxylation sites is 4. The fraction of sp³-hybridized carbons (Fsp3) is 0.231. The van der Waals surface area contributed by atoms with Crippen LogP contribution in [-0.2, 0) is 39.0 Å². The van der Waals surface area contributed by atoms with Crippen LogP contribution in [-0.4, -0.2) is 64.2 Å². The number of rotatable bonds is 8. The molecule has 6 aromatic rings. The Morgan fingerprint density at radius 1 is 0.500 bits per heavy atom. The van der Waals surface area contributed by atoms with Gasteiger partial charge in [0.25, 0.3) is 0 Å². The summed E-state index contributed by atoms with van der Waals surface area (Å²) < 4.78 is 6.22. The molecule has 0 aliphatic rings. The number of furan rings is 1. The molecule has 5 aromatic carbocycles. The van der Waals surface area contributed by atoms with Gasteiger partial charge < -0.3 is 35.1 Å². The number of likely N-dealkylation sites (N-methyl/N-ethyl adjacent to an activating group) is 2. The standard InChI is InChI=1S/C20H26N4O.C7H8.2C6H6O.2Zn/c1-23(2)13-11-21-17-9-5-7-15-16-8-6-10-18(20(16)25-19(15)17)22-12-14-24(3)4;1-7-5-3-2-4-6-7;2*7-6-4-2-1-3-5-6;;/h5-10H,11-14H2,1-4H3;2-6H,1H3;2*1-5,7H;;/q-2;;;;2*+2/p-2. The van der Waals surface area contributed by atoms with Crippen LogP contribution in [0.4, 0.5) is 11.4 Å². The van der Waals surface area contributed by atoms with Gasteiger partial charge in [-0.15, -0.1) is 24.6 Å². The number of hydrogen-bond donors (Lipinski definition) is 0. The number of aryl methyl sites for hydroxylation is 1. The SMILES string of the molecule is CN(C)CC[N-]c1cccc2c1oc1c([N-]CCN(C)C)cccc12.Cc1ccccc1.[O-]c1ccccc1.[O-]c1ccccc1.[Zn+2].[Zn+2]. The van der Waals surface area contributed by atoms with E-state index in [4.69, 9.17) is 15.1 Å². The molecule has 0 bridgehead atoms. The molecule has 7 nitrogen and oxygen atoms in total. The van der Waals surface area contributed by atoms with Crippen LogP contribution >= 0.6 is 0 Å². The third-order valence-electron chi connectivity index (χ3n) is 6.57. The number of fused-ring (bicyclic) bond motifs is 3. The molecule has 6 rings (SSSR count). The van der Waals surface area contributed by atoms with E-state index in [0.29, 0.717) is 0 Å². The average Bonchev–Trinajstić information content (AvgIpc) is 3.43. The summed E-state index contributed by atoms with van der Waals surface area (Å²) in [6.07, 6.45) is 0. The summed E-state index contributed by atoms with van der Waals surface area (Å²) in [6.45, 7) is 5.43.